The highest BCUT2D eigenvalue weighted by molar-refractivity contribution is 5.63. The molecule has 0 aromatic carbocycles. The van der Waals surface area contributed by atoms with Gasteiger partial charge >= 0.3 is 6.18 Å². The van der Waals surface area contributed by atoms with Crippen LogP contribution in [0.3, 0.4) is 0 Å². The number of aryl methyl sites for hydroxylation is 1. The first-order valence-electron chi connectivity index (χ1n) is 4.98. The molecule has 0 atom stereocenters. The second kappa shape index (κ2) is 4.20. The van der Waals surface area contributed by atoms with Gasteiger partial charge in [-0.15, -0.1) is 0 Å². The molecule has 0 bridgehead atoms. The molecule has 3 nitrogen and oxygen atoms in total. The van der Waals surface area contributed by atoms with Crippen molar-refractivity contribution >= 4 is 0 Å². The Hall–Kier alpha value is -1.85. The van der Waals surface area contributed by atoms with E-state index in [9.17, 15) is 13.2 Å². The van der Waals surface area contributed by atoms with E-state index in [2.05, 4.69) is 9.97 Å². The molecular formula is C11H9F3N2O. The summed E-state index contributed by atoms with van der Waals surface area (Å²) in [5.41, 5.74) is -0.350. The van der Waals surface area contributed by atoms with Crippen molar-refractivity contribution < 1.29 is 17.6 Å². The summed E-state index contributed by atoms with van der Waals surface area (Å²) >= 11 is 0. The van der Waals surface area contributed by atoms with Crippen LogP contribution >= 0.6 is 0 Å². The third kappa shape index (κ3) is 2.15. The molecule has 2 aromatic heterocycles. The molecule has 90 valence electrons. The van der Waals surface area contributed by atoms with Gasteiger partial charge in [-0.2, -0.15) is 13.2 Å². The molecule has 0 radical (unpaired) electrons. The molecule has 17 heavy (non-hydrogen) atoms. The van der Waals surface area contributed by atoms with Crippen LogP contribution < -0.4 is 0 Å². The van der Waals surface area contributed by atoms with Crippen molar-refractivity contribution in [1.82, 2.24) is 9.97 Å². The average molecular weight is 242 g/mol. The van der Waals surface area contributed by atoms with Crippen LogP contribution in [0.4, 0.5) is 13.2 Å². The fourth-order valence-corrected chi connectivity index (χ4v) is 1.56. The van der Waals surface area contributed by atoms with Crippen molar-refractivity contribution in [2.75, 3.05) is 0 Å². The van der Waals surface area contributed by atoms with Crippen molar-refractivity contribution in [3.05, 3.63) is 36.1 Å². The highest BCUT2D eigenvalue weighted by atomic mass is 19.4. The summed E-state index contributed by atoms with van der Waals surface area (Å²) in [5, 5.41) is 0. The van der Waals surface area contributed by atoms with Gasteiger partial charge in [0.15, 0.2) is 12.2 Å². The zero-order chi connectivity index (χ0) is 12.5. The van der Waals surface area contributed by atoms with Gasteiger partial charge in [0.25, 0.3) is 0 Å². The van der Waals surface area contributed by atoms with Crippen LogP contribution in [0.25, 0.3) is 11.3 Å². The molecule has 0 fully saturated rings. The Morgan fingerprint density at radius 2 is 2.12 bits per heavy atom. The van der Waals surface area contributed by atoms with E-state index in [4.69, 9.17) is 4.42 Å². The topological polar surface area (TPSA) is 38.9 Å². The normalized spacial score (nSPS) is 11.8. The van der Waals surface area contributed by atoms with Crippen LogP contribution in [-0.4, -0.2) is 9.97 Å². The van der Waals surface area contributed by atoms with E-state index >= 15 is 0 Å². The Morgan fingerprint density at radius 1 is 1.35 bits per heavy atom. The molecule has 2 rings (SSSR count). The lowest BCUT2D eigenvalue weighted by Gasteiger charge is -2.10. The van der Waals surface area contributed by atoms with Crippen LogP contribution in [0, 0.1) is 0 Å². The molecule has 0 saturated heterocycles. The zero-order valence-electron chi connectivity index (χ0n) is 8.95. The van der Waals surface area contributed by atoms with E-state index in [0.717, 1.165) is 24.9 Å². The second-order valence-corrected chi connectivity index (χ2v) is 3.40. The number of aromatic nitrogens is 2. The summed E-state index contributed by atoms with van der Waals surface area (Å²) in [5.74, 6) is 0.132. The Kier molecular flexibility index (Phi) is 2.87. The highest BCUT2D eigenvalue weighted by Gasteiger charge is 2.35. The number of hydrogen-bond acceptors (Lipinski definition) is 3. The average Bonchev–Trinajstić information content (AvgIpc) is 2.75. The number of oxazole rings is 1. The molecule has 0 aliphatic heterocycles. The van der Waals surface area contributed by atoms with Crippen LogP contribution in [0.5, 0.6) is 0 Å². The Morgan fingerprint density at radius 3 is 2.76 bits per heavy atom. The summed E-state index contributed by atoms with van der Waals surface area (Å²) in [4.78, 5) is 7.57. The summed E-state index contributed by atoms with van der Waals surface area (Å²) in [6.07, 6.45) is -0.549. The first-order valence-corrected chi connectivity index (χ1v) is 4.98. The van der Waals surface area contributed by atoms with Crippen molar-refractivity contribution in [1.29, 1.82) is 0 Å². The third-order valence-corrected chi connectivity index (χ3v) is 2.35. The van der Waals surface area contributed by atoms with Gasteiger partial charge in [-0.25, -0.2) is 4.98 Å². The summed E-state index contributed by atoms with van der Waals surface area (Å²) in [6, 6.07) is 0.928. The zero-order valence-corrected chi connectivity index (χ0v) is 8.95. The highest BCUT2D eigenvalue weighted by Crippen LogP contribution is 2.37. The SMILES string of the molecule is CCc1ncoc1-c1cnccc1C(F)(F)F. The number of hydrogen-bond donors (Lipinski definition) is 0. The van der Waals surface area contributed by atoms with E-state index in [1.54, 1.807) is 6.92 Å². The predicted molar refractivity (Wildman–Crippen MR) is 54.1 cm³/mol. The first kappa shape index (κ1) is 11.6. The van der Waals surface area contributed by atoms with E-state index in [1.807, 2.05) is 0 Å². The van der Waals surface area contributed by atoms with E-state index < -0.39 is 11.7 Å². The smallest absolute Gasteiger partial charge is 0.417 e. The minimum absolute atomic E-state index is 0.0747. The molecular weight excluding hydrogens is 233 g/mol. The fraction of sp³-hybridized carbons (Fsp3) is 0.273. The predicted octanol–water partition coefficient (Wildman–Crippen LogP) is 3.32. The Bertz CT molecular complexity index is 519. The maximum absolute atomic E-state index is 12.8. The van der Waals surface area contributed by atoms with Gasteiger partial charge in [-0.1, -0.05) is 6.92 Å². The molecule has 2 aromatic rings. The lowest BCUT2D eigenvalue weighted by Crippen LogP contribution is -2.07. The van der Waals surface area contributed by atoms with Crippen LogP contribution in [0.1, 0.15) is 18.2 Å². The number of rotatable bonds is 2. The standard InChI is InChI=1S/C11H9F3N2O/c1-2-9-10(17-6-16-9)7-5-15-4-3-8(7)11(12,13)14/h3-6H,2H2,1H3. The third-order valence-electron chi connectivity index (χ3n) is 2.35. The number of alkyl halides is 3. The maximum Gasteiger partial charge on any atom is 0.417 e. The maximum atomic E-state index is 12.8. The minimum Gasteiger partial charge on any atom is -0.443 e. The van der Waals surface area contributed by atoms with Crippen molar-refractivity contribution in [3.8, 4) is 11.3 Å². The monoisotopic (exact) mass is 242 g/mol. The van der Waals surface area contributed by atoms with Gasteiger partial charge in [0.2, 0.25) is 0 Å². The van der Waals surface area contributed by atoms with E-state index in [-0.39, 0.29) is 11.3 Å². The van der Waals surface area contributed by atoms with Crippen LogP contribution in [0.15, 0.2) is 29.3 Å². The van der Waals surface area contributed by atoms with Crippen molar-refractivity contribution in [2.24, 2.45) is 0 Å². The largest absolute Gasteiger partial charge is 0.443 e. The van der Waals surface area contributed by atoms with Crippen molar-refractivity contribution in [2.45, 2.75) is 19.5 Å². The van der Waals surface area contributed by atoms with Gasteiger partial charge in [-0.3, -0.25) is 4.98 Å². The molecule has 0 N–H and O–H groups in total. The number of nitrogens with zero attached hydrogens (tertiary/aromatic N) is 2. The summed E-state index contributed by atoms with van der Waals surface area (Å²) < 4.78 is 43.4. The van der Waals surface area contributed by atoms with Crippen LogP contribution in [-0.2, 0) is 12.6 Å². The number of halogens is 3. The molecule has 0 unspecified atom stereocenters. The number of pyridine rings is 1. The Balaban J connectivity index is 2.60. The Labute approximate surface area is 95.3 Å². The second-order valence-electron chi connectivity index (χ2n) is 3.40. The fourth-order valence-electron chi connectivity index (χ4n) is 1.56. The van der Waals surface area contributed by atoms with Gasteiger partial charge in [0.05, 0.1) is 11.3 Å². The lowest BCUT2D eigenvalue weighted by molar-refractivity contribution is -0.137. The molecule has 0 spiro atoms. The molecule has 0 saturated carbocycles. The van der Waals surface area contributed by atoms with E-state index in [0.29, 0.717) is 12.1 Å². The molecule has 0 aliphatic rings. The molecule has 6 heteroatoms. The molecule has 2 heterocycles. The van der Waals surface area contributed by atoms with Gasteiger partial charge in [0, 0.05) is 18.0 Å². The van der Waals surface area contributed by atoms with Gasteiger partial charge in [-0.05, 0) is 12.5 Å². The van der Waals surface area contributed by atoms with Crippen molar-refractivity contribution in [3.63, 3.8) is 0 Å². The first-order chi connectivity index (χ1) is 8.04. The lowest BCUT2D eigenvalue weighted by atomic mass is 10.1. The van der Waals surface area contributed by atoms with Gasteiger partial charge < -0.3 is 4.42 Å². The quantitative estimate of drug-likeness (QED) is 0.810. The van der Waals surface area contributed by atoms with E-state index in [1.165, 1.54) is 0 Å². The molecule has 0 aliphatic carbocycles. The molecule has 0 amide bonds. The summed E-state index contributed by atoms with van der Waals surface area (Å²) in [7, 11) is 0. The summed E-state index contributed by atoms with van der Waals surface area (Å²) in [6.45, 7) is 1.80. The van der Waals surface area contributed by atoms with Crippen LogP contribution in [0.2, 0.25) is 0 Å². The van der Waals surface area contributed by atoms with Gasteiger partial charge in [0.1, 0.15) is 0 Å². The minimum atomic E-state index is -4.43.